The predicted molar refractivity (Wildman–Crippen MR) is 79.0 cm³/mol. The number of hydrogen-bond acceptors (Lipinski definition) is 4. The molecule has 0 saturated heterocycles. The van der Waals surface area contributed by atoms with Crippen molar-refractivity contribution in [3.63, 3.8) is 0 Å². The number of aliphatic hydroxyl groups is 1. The quantitative estimate of drug-likeness (QED) is 0.651. The summed E-state index contributed by atoms with van der Waals surface area (Å²) in [6, 6.07) is 2.39. The SMILES string of the molecule is CO.Nc1cnc(Br)cc1C=NC1CCCCC1. The van der Waals surface area contributed by atoms with Crippen molar-refractivity contribution in [2.75, 3.05) is 12.8 Å². The van der Waals surface area contributed by atoms with Gasteiger partial charge in [-0.15, -0.1) is 0 Å². The molecule has 0 bridgehead atoms. The highest BCUT2D eigenvalue weighted by Crippen LogP contribution is 2.21. The van der Waals surface area contributed by atoms with E-state index in [1.54, 1.807) is 6.20 Å². The number of aromatic nitrogens is 1. The highest BCUT2D eigenvalue weighted by atomic mass is 79.9. The number of aliphatic hydroxyl groups excluding tert-OH is 1. The van der Waals surface area contributed by atoms with E-state index in [9.17, 15) is 0 Å². The maximum absolute atomic E-state index is 7.00. The predicted octanol–water partition coefficient (Wildman–Crippen LogP) is 2.79. The van der Waals surface area contributed by atoms with Gasteiger partial charge in [0.1, 0.15) is 4.60 Å². The smallest absolute Gasteiger partial charge is 0.106 e. The average molecular weight is 314 g/mol. The van der Waals surface area contributed by atoms with Crippen molar-refractivity contribution in [1.29, 1.82) is 0 Å². The second kappa shape index (κ2) is 8.21. The van der Waals surface area contributed by atoms with Crippen LogP contribution in [0.15, 0.2) is 21.9 Å². The molecule has 0 aliphatic heterocycles. The Balaban J connectivity index is 0.000000771. The summed E-state index contributed by atoms with van der Waals surface area (Å²) < 4.78 is 0.798. The van der Waals surface area contributed by atoms with Crippen LogP contribution in [0.2, 0.25) is 0 Å². The summed E-state index contributed by atoms with van der Waals surface area (Å²) in [5, 5.41) is 7.00. The molecule has 5 heteroatoms. The first-order valence-electron chi connectivity index (χ1n) is 6.14. The molecule has 1 aliphatic carbocycles. The Morgan fingerprint density at radius 3 is 2.72 bits per heavy atom. The molecule has 1 heterocycles. The molecule has 3 N–H and O–H groups in total. The molecule has 0 atom stereocenters. The Labute approximate surface area is 116 Å². The monoisotopic (exact) mass is 313 g/mol. The van der Waals surface area contributed by atoms with E-state index >= 15 is 0 Å². The first kappa shape index (κ1) is 15.1. The largest absolute Gasteiger partial charge is 0.400 e. The van der Waals surface area contributed by atoms with Crippen LogP contribution in [0.4, 0.5) is 5.69 Å². The number of rotatable bonds is 2. The van der Waals surface area contributed by atoms with Crippen molar-refractivity contribution < 1.29 is 5.11 Å². The Morgan fingerprint density at radius 1 is 1.39 bits per heavy atom. The Hall–Kier alpha value is -0.940. The van der Waals surface area contributed by atoms with Gasteiger partial charge in [0.25, 0.3) is 0 Å². The van der Waals surface area contributed by atoms with E-state index in [4.69, 9.17) is 10.8 Å². The van der Waals surface area contributed by atoms with Crippen LogP contribution >= 0.6 is 15.9 Å². The van der Waals surface area contributed by atoms with Crippen LogP contribution in [-0.4, -0.2) is 29.5 Å². The number of pyridine rings is 1. The van der Waals surface area contributed by atoms with Gasteiger partial charge in [0.05, 0.1) is 11.9 Å². The summed E-state index contributed by atoms with van der Waals surface area (Å²) in [7, 11) is 1.00. The lowest BCUT2D eigenvalue weighted by molar-refractivity contribution is 0.399. The van der Waals surface area contributed by atoms with Crippen LogP contribution in [0.3, 0.4) is 0 Å². The molecule has 1 fully saturated rings. The Kier molecular flexibility index (Phi) is 6.90. The minimum Gasteiger partial charge on any atom is -0.400 e. The molecule has 2 rings (SSSR count). The first-order valence-corrected chi connectivity index (χ1v) is 6.94. The van der Waals surface area contributed by atoms with Crippen LogP contribution in [0, 0.1) is 0 Å². The lowest BCUT2D eigenvalue weighted by atomic mass is 9.96. The fourth-order valence-corrected chi connectivity index (χ4v) is 2.33. The second-order valence-electron chi connectivity index (χ2n) is 4.21. The standard InChI is InChI=1S/C12H16BrN3.CH4O/c13-12-6-9(11(14)8-16-12)7-15-10-4-2-1-3-5-10;1-2/h6-8,10H,1-5,14H2;2H,1H3. The maximum Gasteiger partial charge on any atom is 0.106 e. The zero-order valence-electron chi connectivity index (χ0n) is 10.6. The van der Waals surface area contributed by atoms with Gasteiger partial charge in [-0.1, -0.05) is 19.3 Å². The third-order valence-corrected chi connectivity index (χ3v) is 3.37. The summed E-state index contributed by atoms with van der Waals surface area (Å²) in [6.07, 6.45) is 9.93. The van der Waals surface area contributed by atoms with Gasteiger partial charge in [-0.25, -0.2) is 4.98 Å². The van der Waals surface area contributed by atoms with Crippen molar-refractivity contribution in [2.45, 2.75) is 38.1 Å². The fourth-order valence-electron chi connectivity index (χ4n) is 1.98. The molecule has 0 radical (unpaired) electrons. The van der Waals surface area contributed by atoms with E-state index in [2.05, 4.69) is 25.9 Å². The van der Waals surface area contributed by atoms with Crippen LogP contribution in [0.1, 0.15) is 37.7 Å². The van der Waals surface area contributed by atoms with Crippen LogP contribution in [0.25, 0.3) is 0 Å². The van der Waals surface area contributed by atoms with Gasteiger partial charge in [0.15, 0.2) is 0 Å². The van der Waals surface area contributed by atoms with E-state index in [1.165, 1.54) is 32.1 Å². The summed E-state index contributed by atoms with van der Waals surface area (Å²) in [5.74, 6) is 0. The minimum atomic E-state index is 0.486. The van der Waals surface area contributed by atoms with E-state index in [1.807, 2.05) is 12.3 Å². The lowest BCUT2D eigenvalue weighted by Gasteiger charge is -2.17. The van der Waals surface area contributed by atoms with E-state index in [-0.39, 0.29) is 0 Å². The highest BCUT2D eigenvalue weighted by molar-refractivity contribution is 9.10. The molecule has 0 unspecified atom stereocenters. The molecule has 100 valence electrons. The van der Waals surface area contributed by atoms with Gasteiger partial charge < -0.3 is 10.8 Å². The van der Waals surface area contributed by atoms with E-state index in [0.717, 1.165) is 17.3 Å². The molecule has 0 amide bonds. The van der Waals surface area contributed by atoms with Crippen molar-refractivity contribution in [2.24, 2.45) is 4.99 Å². The molecular formula is C13H20BrN3O. The molecule has 1 aromatic rings. The normalized spacial score (nSPS) is 16.4. The van der Waals surface area contributed by atoms with Gasteiger partial charge >= 0.3 is 0 Å². The molecule has 1 aromatic heterocycles. The zero-order chi connectivity index (χ0) is 13.4. The molecule has 1 aliphatic rings. The van der Waals surface area contributed by atoms with E-state index in [0.29, 0.717) is 11.7 Å². The first-order chi connectivity index (χ1) is 8.75. The molecular weight excluding hydrogens is 294 g/mol. The summed E-state index contributed by atoms with van der Waals surface area (Å²) in [4.78, 5) is 8.67. The van der Waals surface area contributed by atoms with Crippen LogP contribution in [0.5, 0.6) is 0 Å². The molecule has 4 nitrogen and oxygen atoms in total. The number of nitrogen functional groups attached to an aromatic ring is 1. The molecule has 0 spiro atoms. The van der Waals surface area contributed by atoms with E-state index < -0.39 is 0 Å². The van der Waals surface area contributed by atoms with Gasteiger partial charge in [-0.05, 0) is 34.8 Å². The number of nitrogens with two attached hydrogens (primary N) is 1. The van der Waals surface area contributed by atoms with Crippen molar-refractivity contribution in [3.05, 3.63) is 22.4 Å². The number of halogens is 1. The van der Waals surface area contributed by atoms with Crippen molar-refractivity contribution in [3.8, 4) is 0 Å². The van der Waals surface area contributed by atoms with Gasteiger partial charge in [0.2, 0.25) is 0 Å². The zero-order valence-corrected chi connectivity index (χ0v) is 12.2. The summed E-state index contributed by atoms with van der Waals surface area (Å²) in [6.45, 7) is 0. The Morgan fingerprint density at radius 2 is 2.06 bits per heavy atom. The van der Waals surface area contributed by atoms with Crippen molar-refractivity contribution in [1.82, 2.24) is 4.98 Å². The highest BCUT2D eigenvalue weighted by Gasteiger charge is 2.10. The average Bonchev–Trinajstić information content (AvgIpc) is 2.43. The minimum absolute atomic E-state index is 0.486. The number of hydrogen-bond donors (Lipinski definition) is 2. The van der Waals surface area contributed by atoms with Crippen LogP contribution in [-0.2, 0) is 0 Å². The second-order valence-corrected chi connectivity index (χ2v) is 5.02. The van der Waals surface area contributed by atoms with Gasteiger partial charge in [-0.3, -0.25) is 4.99 Å². The summed E-state index contributed by atoms with van der Waals surface area (Å²) in [5.41, 5.74) is 7.46. The number of aliphatic imine (C=N–C) groups is 1. The summed E-state index contributed by atoms with van der Waals surface area (Å²) >= 11 is 3.33. The Bertz CT molecular complexity index is 390. The lowest BCUT2D eigenvalue weighted by Crippen LogP contribution is -2.10. The maximum atomic E-state index is 7.00. The third kappa shape index (κ3) is 4.74. The van der Waals surface area contributed by atoms with Gasteiger partial charge in [-0.2, -0.15) is 0 Å². The molecule has 18 heavy (non-hydrogen) atoms. The van der Waals surface area contributed by atoms with Crippen LogP contribution < -0.4 is 5.73 Å². The fraction of sp³-hybridized carbons (Fsp3) is 0.538. The third-order valence-electron chi connectivity index (χ3n) is 2.93. The van der Waals surface area contributed by atoms with Crippen molar-refractivity contribution >= 4 is 27.8 Å². The molecule has 1 saturated carbocycles. The number of anilines is 1. The topological polar surface area (TPSA) is 71.5 Å². The van der Waals surface area contributed by atoms with Gasteiger partial charge in [0, 0.05) is 24.9 Å². The molecule has 0 aromatic carbocycles. The number of nitrogens with zero attached hydrogens (tertiary/aromatic N) is 2.